The third-order valence-corrected chi connectivity index (χ3v) is 20.0. The average molecular weight is 1380 g/mol. The molecule has 538 valence electrons. The van der Waals surface area contributed by atoms with E-state index in [-0.39, 0.29) is 85.9 Å². The molecule has 13 fully saturated rings. The quantitative estimate of drug-likeness (QED) is 0.0267. The highest BCUT2D eigenvalue weighted by molar-refractivity contribution is 6.36. The molecule has 98 heavy (non-hydrogen) atoms. The lowest BCUT2D eigenvalue weighted by molar-refractivity contribution is -0.301. The summed E-state index contributed by atoms with van der Waals surface area (Å²) in [4.78, 5) is 209. The number of carboxylic acids is 5. The molecule has 1 heterocycles. The highest BCUT2D eigenvalue weighted by atomic mass is 16.6. The fourth-order valence-electron chi connectivity index (χ4n) is 16.5. The first kappa shape index (κ1) is 76.5. The number of esters is 8. The first-order valence-corrected chi connectivity index (χ1v) is 33.0. The highest BCUT2D eigenvalue weighted by Gasteiger charge is 2.64. The van der Waals surface area contributed by atoms with E-state index in [1.54, 1.807) is 0 Å². The minimum absolute atomic E-state index is 0.0362. The smallest absolute Gasteiger partial charge is 0.314 e. The number of carbonyl (C=O) groups is 19. The van der Waals surface area contributed by atoms with Crippen LogP contribution in [0.5, 0.6) is 0 Å². The summed E-state index contributed by atoms with van der Waals surface area (Å²) in [5.74, 6) is -19.7. The molecule has 12 aliphatic carbocycles. The van der Waals surface area contributed by atoms with Crippen LogP contribution in [0.3, 0.4) is 0 Å². The first-order chi connectivity index (χ1) is 46.3. The van der Waals surface area contributed by atoms with Gasteiger partial charge in [-0.1, -0.05) is 25.7 Å². The number of rotatable bonds is 26. The summed E-state index contributed by atoms with van der Waals surface area (Å²) in [6.07, 6.45) is 16.6. The lowest BCUT2D eigenvalue weighted by atomic mass is 9.53. The Kier molecular flexibility index (Phi) is 27.0. The van der Waals surface area contributed by atoms with Crippen molar-refractivity contribution < 1.29 is 155 Å². The minimum Gasteiger partial charge on any atom is -0.542 e. The van der Waals surface area contributed by atoms with E-state index in [4.69, 9.17) is 28.4 Å². The number of carbonyl (C=O) groups excluding carboxylic acids is 19. The maximum absolute atomic E-state index is 12.2. The second-order valence-electron chi connectivity index (χ2n) is 27.2. The van der Waals surface area contributed by atoms with Gasteiger partial charge < -0.3 is 87.4 Å². The van der Waals surface area contributed by atoms with E-state index >= 15 is 0 Å². The molecule has 1 aliphatic heterocycles. The second-order valence-corrected chi connectivity index (χ2v) is 27.2. The Morgan fingerprint density at radius 3 is 1.19 bits per heavy atom. The van der Waals surface area contributed by atoms with E-state index in [0.717, 1.165) is 109 Å². The molecule has 0 N–H and O–H groups in total. The van der Waals surface area contributed by atoms with Crippen molar-refractivity contribution in [3.8, 4) is 0 Å². The zero-order chi connectivity index (χ0) is 71.8. The Morgan fingerprint density at radius 1 is 0.398 bits per heavy atom. The maximum Gasteiger partial charge on any atom is 0.314 e. The van der Waals surface area contributed by atoms with Crippen LogP contribution in [0, 0.1) is 65.1 Å². The Labute approximate surface area is 559 Å². The number of Topliss-reactive ketones (excluding diaryl/α,β-unsaturated/α-hetero) is 6. The number of hydrogen-bond acceptors (Lipinski definition) is 32. The van der Waals surface area contributed by atoms with Crippen molar-refractivity contribution in [1.82, 2.24) is 0 Å². The third-order valence-electron chi connectivity index (χ3n) is 20.0. The highest BCUT2D eigenvalue weighted by Crippen LogP contribution is 2.59. The molecule has 13 aliphatic rings. The van der Waals surface area contributed by atoms with E-state index in [2.05, 4.69) is 9.47 Å². The van der Waals surface area contributed by atoms with Crippen molar-refractivity contribution in [3.05, 3.63) is 0 Å². The van der Waals surface area contributed by atoms with E-state index in [9.17, 15) is 117 Å². The predicted molar refractivity (Wildman–Crippen MR) is 304 cm³/mol. The minimum atomic E-state index is -1.96. The average Bonchev–Trinajstić information content (AvgIpc) is 1.57. The topological polar surface area (TPSA) is 513 Å². The number of ketones is 6. The number of fused-ring (bicyclic) bond motifs is 1. The van der Waals surface area contributed by atoms with Gasteiger partial charge in [0.05, 0.1) is 17.8 Å². The second kappa shape index (κ2) is 34.6. The van der Waals surface area contributed by atoms with Crippen molar-refractivity contribution in [2.45, 2.75) is 203 Å². The van der Waals surface area contributed by atoms with E-state index < -0.39 is 150 Å². The van der Waals surface area contributed by atoms with Gasteiger partial charge in [0.25, 0.3) is 0 Å². The molecule has 0 radical (unpaired) electrons. The standard InChI is InChI=1S/C15H16O9.C14H16O6.C14H18O5.C13H18O7.C10H14O5/c16-8(13(18)19)5-10(17)22-1-2-23-14(20)11-6-3-7-9(4-6)24-15(21)12(7)11;15-10(13(18)19)3-11(16)20-14-4-7-1-8(5-14)12(17)9(2-7)6-14;15-11(13(17)18)4-12(16)19-14-5-8-1-9(6-14)3-10(2-8)7-14;14-10(12(16)17)8-11(15)19-6-7-20-13(18)9-4-2-1-3-5-9;11-8(10(13)14)6-9(12)15-7-4-2-1-3-5-7/h6-7,9,11-12H,1-5H2,(H,18,19);7-9H,1-6H2,(H,18,19);8-10H,1-7H2,(H,17,18);9H,1-8H2,(H,16,17);7H,1-6H2,(H,13,14)/p-5. The van der Waals surface area contributed by atoms with Crippen molar-refractivity contribution in [3.63, 3.8) is 0 Å². The van der Waals surface area contributed by atoms with Crippen LogP contribution in [0.15, 0.2) is 0 Å². The Bertz CT molecular complexity index is 3090. The zero-order valence-corrected chi connectivity index (χ0v) is 53.7. The molecular formula is C66H77O32-5. The number of hydrogen-bond donors (Lipinski definition) is 0. The Hall–Kier alpha value is -8.87. The van der Waals surface area contributed by atoms with Gasteiger partial charge in [-0.2, -0.15) is 0 Å². The van der Waals surface area contributed by atoms with Gasteiger partial charge in [-0.05, 0) is 152 Å². The summed E-state index contributed by atoms with van der Waals surface area (Å²) in [5.41, 5.74) is -1.08. The normalized spacial score (nSPS) is 29.0. The van der Waals surface area contributed by atoms with Gasteiger partial charge in [0, 0.05) is 17.8 Å². The van der Waals surface area contributed by atoms with Crippen LogP contribution in [0.4, 0.5) is 0 Å². The van der Waals surface area contributed by atoms with Gasteiger partial charge >= 0.3 is 47.8 Å². The van der Waals surface area contributed by atoms with Gasteiger partial charge in [-0.25, -0.2) is 0 Å². The van der Waals surface area contributed by atoms with Crippen molar-refractivity contribution in [1.29, 1.82) is 0 Å². The third kappa shape index (κ3) is 21.6. The molecule has 1 saturated heterocycles. The van der Waals surface area contributed by atoms with Crippen LogP contribution in [0.1, 0.15) is 180 Å². The van der Waals surface area contributed by atoms with Crippen LogP contribution in [-0.2, 0) is 129 Å². The van der Waals surface area contributed by atoms with Gasteiger partial charge in [0.15, 0.2) is 28.9 Å². The molecule has 0 spiro atoms. The monoisotopic (exact) mass is 1380 g/mol. The maximum atomic E-state index is 12.2. The first-order valence-electron chi connectivity index (χ1n) is 33.0. The van der Waals surface area contributed by atoms with Gasteiger partial charge in [-0.15, -0.1) is 0 Å². The van der Waals surface area contributed by atoms with Crippen LogP contribution < -0.4 is 25.5 Å². The number of carboxylic acid groups (broad SMARTS) is 5. The molecule has 0 aromatic rings. The van der Waals surface area contributed by atoms with Crippen molar-refractivity contribution >= 4 is 112 Å². The molecule has 0 amide bonds. The lowest BCUT2D eigenvalue weighted by Gasteiger charge is -2.55. The molecule has 0 aromatic carbocycles. The Balaban J connectivity index is 0.000000174. The van der Waals surface area contributed by atoms with Crippen LogP contribution in [0.25, 0.3) is 0 Å². The zero-order valence-electron chi connectivity index (χ0n) is 53.7. The van der Waals surface area contributed by atoms with E-state index in [0.29, 0.717) is 42.9 Å². The van der Waals surface area contributed by atoms with Crippen LogP contribution in [0.2, 0.25) is 0 Å². The number of ether oxygens (including phenoxy) is 8. The van der Waals surface area contributed by atoms with Gasteiger partial charge in [0.2, 0.25) is 0 Å². The van der Waals surface area contributed by atoms with Crippen LogP contribution >= 0.6 is 0 Å². The van der Waals surface area contributed by atoms with E-state index in [1.807, 2.05) is 0 Å². The molecule has 7 unspecified atom stereocenters. The van der Waals surface area contributed by atoms with E-state index in [1.165, 1.54) is 19.3 Å². The lowest BCUT2D eigenvalue weighted by Crippen LogP contribution is -2.57. The fraction of sp³-hybridized carbons (Fsp3) is 0.712. The molecule has 12 saturated carbocycles. The summed E-state index contributed by atoms with van der Waals surface area (Å²) in [6, 6.07) is 0. The molecule has 0 aromatic heterocycles. The predicted octanol–water partition coefficient (Wildman–Crippen LogP) is -3.49. The van der Waals surface area contributed by atoms with Crippen LogP contribution in [-0.4, -0.2) is 162 Å². The molecule has 32 heteroatoms. The molecule has 32 nitrogen and oxygen atoms in total. The molecule has 13 rings (SSSR count). The van der Waals surface area contributed by atoms with Crippen molar-refractivity contribution in [2.24, 2.45) is 65.1 Å². The Morgan fingerprint density at radius 2 is 0.765 bits per heavy atom. The molecule has 7 atom stereocenters. The summed E-state index contributed by atoms with van der Waals surface area (Å²) in [6.45, 7) is -0.829. The summed E-state index contributed by atoms with van der Waals surface area (Å²) < 4.78 is 40.3. The van der Waals surface area contributed by atoms with Crippen molar-refractivity contribution in [2.75, 3.05) is 26.4 Å². The van der Waals surface area contributed by atoms with Gasteiger partial charge in [-0.3, -0.25) is 67.1 Å². The summed E-state index contributed by atoms with van der Waals surface area (Å²) >= 11 is 0. The molecule has 10 bridgehead atoms. The summed E-state index contributed by atoms with van der Waals surface area (Å²) in [5, 5.41) is 51.0. The fourth-order valence-corrected chi connectivity index (χ4v) is 16.5. The number of aliphatic carboxylic acids is 5. The molecular weight excluding hydrogens is 1300 g/mol. The SMILES string of the molecule is O=C(CC(=O)C(=O)[O-])OC12CC3CC(C1)C(=O)C(C3)C2.O=C(CC(=O)C(=O)[O-])OC12CC3CC(CC(C3)C1)C2.O=C(CC(=O)C(=O)[O-])OC1CCCCC1.O=C(CC(=O)C(=O)[O-])OCCOC(=O)C1C2CC3OC(=O)C1C3C2.O=C(CC(=O)C(=O)[O-])OCCOC(=O)C1CCCCC1. The largest absolute Gasteiger partial charge is 0.542 e. The van der Waals surface area contributed by atoms with Gasteiger partial charge in [0.1, 0.15) is 118 Å². The summed E-state index contributed by atoms with van der Waals surface area (Å²) in [7, 11) is 0.